The van der Waals surface area contributed by atoms with E-state index in [0.29, 0.717) is 5.56 Å². The Morgan fingerprint density at radius 1 is 1.31 bits per heavy atom. The predicted molar refractivity (Wildman–Crippen MR) is 44.3 cm³/mol. The van der Waals surface area contributed by atoms with Crippen LogP contribution in [0.3, 0.4) is 0 Å². The first kappa shape index (κ1) is 9.41. The van der Waals surface area contributed by atoms with Gasteiger partial charge in [-0.05, 0) is 11.6 Å². The second-order valence-corrected chi connectivity index (χ2v) is 2.49. The Balaban J connectivity index is 3.02. The number of Topliss-reactive ketones (excluding diaryl/α,β-unsaturated/α-hetero) is 1. The van der Waals surface area contributed by atoms with Crippen molar-refractivity contribution in [1.82, 2.24) is 0 Å². The smallest absolute Gasteiger partial charge is 0.377 e. The highest BCUT2D eigenvalue weighted by atomic mass is 16.4. The number of carboxylic acids is 1. The summed E-state index contributed by atoms with van der Waals surface area (Å²) < 4.78 is 0. The van der Waals surface area contributed by atoms with Gasteiger partial charge < -0.3 is 10.2 Å². The van der Waals surface area contributed by atoms with E-state index in [1.165, 1.54) is 18.2 Å². The normalized spacial score (nSPS) is 9.62. The Labute approximate surface area is 74.4 Å². The predicted octanol–water partition coefficient (Wildman–Crippen LogP) is 0.446. The van der Waals surface area contributed by atoms with Gasteiger partial charge in [0.25, 0.3) is 5.78 Å². The lowest BCUT2D eigenvalue weighted by Crippen LogP contribution is -2.12. The maximum Gasteiger partial charge on any atom is 0.377 e. The van der Waals surface area contributed by atoms with Gasteiger partial charge in [0, 0.05) is 5.56 Å². The summed E-state index contributed by atoms with van der Waals surface area (Å²) >= 11 is 0. The molecule has 4 nitrogen and oxygen atoms in total. The first-order valence-electron chi connectivity index (χ1n) is 3.62. The van der Waals surface area contributed by atoms with Crippen molar-refractivity contribution in [3.63, 3.8) is 0 Å². The van der Waals surface area contributed by atoms with Crippen LogP contribution in [0.4, 0.5) is 0 Å². The molecule has 0 atom stereocenters. The van der Waals surface area contributed by atoms with Crippen LogP contribution in [-0.2, 0) is 11.4 Å². The largest absolute Gasteiger partial charge is 0.475 e. The van der Waals surface area contributed by atoms with Gasteiger partial charge in [-0.3, -0.25) is 4.79 Å². The molecule has 0 aromatic heterocycles. The van der Waals surface area contributed by atoms with Gasteiger partial charge in [0.05, 0.1) is 6.61 Å². The van der Waals surface area contributed by atoms with Crippen molar-refractivity contribution in [1.29, 1.82) is 0 Å². The molecule has 1 aromatic rings. The van der Waals surface area contributed by atoms with Gasteiger partial charge >= 0.3 is 5.97 Å². The Morgan fingerprint density at radius 2 is 2.00 bits per heavy atom. The summed E-state index contributed by atoms with van der Waals surface area (Å²) in [5.41, 5.74) is 0.603. The second-order valence-electron chi connectivity index (χ2n) is 2.49. The summed E-state index contributed by atoms with van der Waals surface area (Å²) in [6, 6.07) is 5.90. The molecule has 1 aromatic carbocycles. The van der Waals surface area contributed by atoms with E-state index in [9.17, 15) is 9.59 Å². The van der Waals surface area contributed by atoms with E-state index in [0.717, 1.165) is 0 Å². The molecule has 4 heteroatoms. The third-order valence-corrected chi connectivity index (χ3v) is 1.57. The molecule has 0 spiro atoms. The van der Waals surface area contributed by atoms with E-state index >= 15 is 0 Å². The van der Waals surface area contributed by atoms with Gasteiger partial charge in [-0.1, -0.05) is 18.2 Å². The summed E-state index contributed by atoms with van der Waals surface area (Å²) in [5, 5.41) is 17.1. The minimum atomic E-state index is -1.49. The maximum absolute atomic E-state index is 10.9. The summed E-state index contributed by atoms with van der Waals surface area (Å²) in [4.78, 5) is 21.2. The van der Waals surface area contributed by atoms with E-state index in [-0.39, 0.29) is 12.2 Å². The average molecular weight is 180 g/mol. The van der Waals surface area contributed by atoms with E-state index in [1.807, 2.05) is 0 Å². The molecule has 68 valence electrons. The maximum atomic E-state index is 10.9. The molecule has 0 aliphatic carbocycles. The molecule has 0 aliphatic heterocycles. The van der Waals surface area contributed by atoms with Crippen LogP contribution in [0.1, 0.15) is 15.9 Å². The van der Waals surface area contributed by atoms with Gasteiger partial charge in [0.1, 0.15) is 0 Å². The zero-order valence-electron chi connectivity index (χ0n) is 6.73. The fourth-order valence-corrected chi connectivity index (χ4v) is 0.934. The van der Waals surface area contributed by atoms with Gasteiger partial charge in [-0.2, -0.15) is 0 Å². The summed E-state index contributed by atoms with van der Waals surface area (Å²) in [7, 11) is 0. The summed E-state index contributed by atoms with van der Waals surface area (Å²) in [5.74, 6) is -2.45. The van der Waals surface area contributed by atoms with Crippen LogP contribution in [0.5, 0.6) is 0 Å². The van der Waals surface area contributed by atoms with Crippen LogP contribution >= 0.6 is 0 Å². The van der Waals surface area contributed by atoms with Crippen molar-refractivity contribution in [3.8, 4) is 0 Å². The van der Waals surface area contributed by atoms with E-state index in [1.54, 1.807) is 6.07 Å². The quantitative estimate of drug-likeness (QED) is 0.523. The number of carbonyl (C=O) groups excluding carboxylic acids is 1. The van der Waals surface area contributed by atoms with Crippen LogP contribution < -0.4 is 0 Å². The zero-order chi connectivity index (χ0) is 9.84. The number of aliphatic hydroxyl groups is 1. The Hall–Kier alpha value is -1.68. The Bertz CT molecular complexity index is 343. The lowest BCUT2D eigenvalue weighted by atomic mass is 10.1. The molecule has 0 radical (unpaired) electrons. The average Bonchev–Trinajstić information content (AvgIpc) is 2.16. The number of carbonyl (C=O) groups is 2. The molecule has 0 amide bonds. The zero-order valence-corrected chi connectivity index (χ0v) is 6.73. The Kier molecular flexibility index (Phi) is 2.76. The number of hydrogen-bond donors (Lipinski definition) is 2. The number of rotatable bonds is 3. The number of carboxylic acid groups (broad SMARTS) is 1. The highest BCUT2D eigenvalue weighted by Crippen LogP contribution is 2.05. The number of hydrogen-bond acceptors (Lipinski definition) is 3. The molecule has 0 bridgehead atoms. The molecule has 0 unspecified atom stereocenters. The van der Waals surface area contributed by atoms with Gasteiger partial charge in [-0.25, -0.2) is 4.79 Å². The first-order chi connectivity index (χ1) is 6.15. The monoisotopic (exact) mass is 180 g/mol. The molecule has 1 rings (SSSR count). The fraction of sp³-hybridized carbons (Fsp3) is 0.111. The fourth-order valence-electron chi connectivity index (χ4n) is 0.934. The SMILES string of the molecule is O=C(O)C(=O)c1cccc(CO)c1. The van der Waals surface area contributed by atoms with Crippen molar-refractivity contribution in [2.75, 3.05) is 0 Å². The van der Waals surface area contributed by atoms with Crippen molar-refractivity contribution in [2.24, 2.45) is 0 Å². The third kappa shape index (κ3) is 2.13. The molecular weight excluding hydrogens is 172 g/mol. The molecule has 0 heterocycles. The number of aliphatic hydroxyl groups excluding tert-OH is 1. The Morgan fingerprint density at radius 3 is 2.54 bits per heavy atom. The summed E-state index contributed by atoms with van der Waals surface area (Å²) in [6.45, 7) is -0.208. The molecule has 0 fully saturated rings. The number of ketones is 1. The van der Waals surface area contributed by atoms with Crippen LogP contribution in [0.25, 0.3) is 0 Å². The minimum absolute atomic E-state index is 0.0825. The van der Waals surface area contributed by atoms with Crippen molar-refractivity contribution >= 4 is 11.8 Å². The lowest BCUT2D eigenvalue weighted by molar-refractivity contribution is -0.131. The van der Waals surface area contributed by atoms with Crippen LogP contribution in [0.2, 0.25) is 0 Å². The molecule has 0 aliphatic rings. The standard InChI is InChI=1S/C9H8O4/c10-5-6-2-1-3-7(4-6)8(11)9(12)13/h1-4,10H,5H2,(H,12,13). The second kappa shape index (κ2) is 3.82. The molecule has 2 N–H and O–H groups in total. The van der Waals surface area contributed by atoms with E-state index in [4.69, 9.17) is 10.2 Å². The minimum Gasteiger partial charge on any atom is -0.475 e. The van der Waals surface area contributed by atoms with Gasteiger partial charge in [0.2, 0.25) is 0 Å². The lowest BCUT2D eigenvalue weighted by Gasteiger charge is -1.98. The summed E-state index contributed by atoms with van der Waals surface area (Å²) in [6.07, 6.45) is 0. The van der Waals surface area contributed by atoms with Crippen LogP contribution in [-0.4, -0.2) is 22.0 Å². The highest BCUT2D eigenvalue weighted by molar-refractivity contribution is 6.39. The van der Waals surface area contributed by atoms with Crippen LogP contribution in [0.15, 0.2) is 24.3 Å². The van der Waals surface area contributed by atoms with Crippen molar-refractivity contribution in [3.05, 3.63) is 35.4 Å². The highest BCUT2D eigenvalue weighted by Gasteiger charge is 2.13. The topological polar surface area (TPSA) is 74.6 Å². The third-order valence-electron chi connectivity index (χ3n) is 1.57. The number of benzene rings is 1. The van der Waals surface area contributed by atoms with Crippen LogP contribution in [0, 0.1) is 0 Å². The first-order valence-corrected chi connectivity index (χ1v) is 3.62. The van der Waals surface area contributed by atoms with E-state index in [2.05, 4.69) is 0 Å². The van der Waals surface area contributed by atoms with Crippen molar-refractivity contribution < 1.29 is 19.8 Å². The number of aliphatic carboxylic acids is 1. The molecule has 0 saturated carbocycles. The van der Waals surface area contributed by atoms with Gasteiger partial charge in [0.15, 0.2) is 0 Å². The van der Waals surface area contributed by atoms with Gasteiger partial charge in [-0.15, -0.1) is 0 Å². The van der Waals surface area contributed by atoms with E-state index < -0.39 is 11.8 Å². The van der Waals surface area contributed by atoms with Crippen molar-refractivity contribution in [2.45, 2.75) is 6.61 Å². The molecule has 13 heavy (non-hydrogen) atoms. The molecular formula is C9H8O4. The molecule has 0 saturated heterocycles.